The Kier molecular flexibility index (Phi) is 7.62. The van der Waals surface area contributed by atoms with E-state index in [2.05, 4.69) is 10.4 Å². The third-order valence-corrected chi connectivity index (χ3v) is 8.66. The summed E-state index contributed by atoms with van der Waals surface area (Å²) in [4.78, 5) is 12.8. The van der Waals surface area contributed by atoms with Gasteiger partial charge in [-0.2, -0.15) is 18.3 Å². The molecule has 2 fully saturated rings. The molecule has 4 rings (SSSR count). The van der Waals surface area contributed by atoms with Crippen molar-refractivity contribution in [2.24, 2.45) is 0 Å². The van der Waals surface area contributed by atoms with Gasteiger partial charge in [-0.15, -0.1) is 0 Å². The minimum Gasteiger partial charge on any atom is -0.490 e. The number of hydrogen-bond acceptors (Lipinski definition) is 7. The molecule has 35 heavy (non-hydrogen) atoms. The number of hydrogen-bond donors (Lipinski definition) is 1. The number of rotatable bonds is 6. The monoisotopic (exact) mass is 535 g/mol. The number of halogens is 4. The summed E-state index contributed by atoms with van der Waals surface area (Å²) >= 11 is 6.26. The van der Waals surface area contributed by atoms with Crippen LogP contribution in [0.5, 0.6) is 5.75 Å². The molecule has 2 aliphatic rings. The highest BCUT2D eigenvalue weighted by Crippen LogP contribution is 2.34. The van der Waals surface area contributed by atoms with Gasteiger partial charge < -0.3 is 14.8 Å². The van der Waals surface area contributed by atoms with E-state index >= 15 is 0 Å². The molecule has 0 radical (unpaired) electrons. The van der Waals surface area contributed by atoms with Crippen LogP contribution in [0, 0.1) is 0 Å². The van der Waals surface area contributed by atoms with Crippen LogP contribution in [-0.4, -0.2) is 55.1 Å². The number of nitrogens with zero attached hydrogens (tertiary/aromatic N) is 2. The summed E-state index contributed by atoms with van der Waals surface area (Å²) in [6.45, 7) is 0.291. The van der Waals surface area contributed by atoms with Gasteiger partial charge in [0.2, 0.25) is 0 Å². The fourth-order valence-corrected chi connectivity index (χ4v) is 5.77. The molecule has 13 heteroatoms. The molecule has 0 amide bonds. The van der Waals surface area contributed by atoms with Crippen molar-refractivity contribution in [1.29, 1.82) is 0 Å². The van der Waals surface area contributed by atoms with Crippen molar-refractivity contribution in [1.82, 2.24) is 9.78 Å². The van der Waals surface area contributed by atoms with Gasteiger partial charge in [-0.3, -0.25) is 4.79 Å². The smallest absolute Gasteiger partial charge is 0.416 e. The average Bonchev–Trinajstić information content (AvgIpc) is 2.81. The van der Waals surface area contributed by atoms with E-state index in [1.807, 2.05) is 0 Å². The Hall–Kier alpha value is -2.31. The minimum atomic E-state index is -4.44. The highest BCUT2D eigenvalue weighted by Gasteiger charge is 2.32. The Morgan fingerprint density at radius 2 is 1.97 bits per heavy atom. The predicted molar refractivity (Wildman–Crippen MR) is 124 cm³/mol. The van der Waals surface area contributed by atoms with E-state index in [-0.39, 0.29) is 54.1 Å². The first-order valence-electron chi connectivity index (χ1n) is 11.2. The number of alkyl halides is 3. The van der Waals surface area contributed by atoms with Crippen LogP contribution in [0.25, 0.3) is 0 Å². The zero-order valence-corrected chi connectivity index (χ0v) is 20.2. The van der Waals surface area contributed by atoms with Crippen LogP contribution in [0.3, 0.4) is 0 Å². The van der Waals surface area contributed by atoms with E-state index in [9.17, 15) is 26.4 Å². The summed E-state index contributed by atoms with van der Waals surface area (Å²) < 4.78 is 75.3. The van der Waals surface area contributed by atoms with E-state index in [0.29, 0.717) is 25.7 Å². The molecule has 1 saturated heterocycles. The van der Waals surface area contributed by atoms with Crippen molar-refractivity contribution in [2.75, 3.05) is 30.8 Å². The van der Waals surface area contributed by atoms with Crippen molar-refractivity contribution >= 4 is 27.1 Å². The molecule has 1 aromatic heterocycles. The summed E-state index contributed by atoms with van der Waals surface area (Å²) in [7, 11) is -3.28. The van der Waals surface area contributed by atoms with E-state index in [1.165, 1.54) is 23.0 Å². The molecule has 8 nitrogen and oxygen atoms in total. The van der Waals surface area contributed by atoms with Gasteiger partial charge in [0, 0.05) is 6.54 Å². The number of sulfone groups is 1. The number of aromatic nitrogens is 2. The highest BCUT2D eigenvalue weighted by atomic mass is 35.5. The summed E-state index contributed by atoms with van der Waals surface area (Å²) in [5.74, 6) is 0.106. The second-order valence-corrected chi connectivity index (χ2v) is 11.4. The summed E-state index contributed by atoms with van der Waals surface area (Å²) in [5, 5.41) is 6.29. The van der Waals surface area contributed by atoms with Crippen LogP contribution in [0.4, 0.5) is 18.9 Å². The van der Waals surface area contributed by atoms with Gasteiger partial charge in [0.1, 0.15) is 16.0 Å². The lowest BCUT2D eigenvalue weighted by atomic mass is 9.93. The van der Waals surface area contributed by atoms with E-state index in [4.69, 9.17) is 21.1 Å². The van der Waals surface area contributed by atoms with Crippen LogP contribution in [-0.2, 0) is 20.8 Å². The number of benzene rings is 1. The SMILES string of the molecule is O=c1c(Cl)c(NC[C@@H]2COCCS2(=O)=O)cnn1C1CCC(Oc2cccc(C(F)(F)F)c2)CC1. The molecule has 2 heterocycles. The maximum absolute atomic E-state index is 12.9. The zero-order chi connectivity index (χ0) is 25.2. The first-order chi connectivity index (χ1) is 16.5. The standard InChI is InChI=1S/C22H25ClF3N3O5S/c23-20-19(27-11-18-13-33-8-9-35(18,31)32)12-28-29(21(20)30)15-4-6-16(7-5-15)34-17-3-1-2-14(10-17)22(24,25)26/h1-3,10,12,15-16,18,27H,4-9,11,13H2/t15?,16?,18-/m1/s1. The van der Waals surface area contributed by atoms with Gasteiger partial charge in [0.05, 0.1) is 48.6 Å². The van der Waals surface area contributed by atoms with Gasteiger partial charge in [0.15, 0.2) is 9.84 Å². The van der Waals surface area contributed by atoms with E-state index in [1.54, 1.807) is 0 Å². The molecular weight excluding hydrogens is 511 g/mol. The Morgan fingerprint density at radius 3 is 2.66 bits per heavy atom. The van der Waals surface area contributed by atoms with Crippen LogP contribution >= 0.6 is 11.6 Å². The molecule has 1 atom stereocenters. The molecule has 0 bridgehead atoms. The molecule has 1 aliphatic heterocycles. The molecule has 1 saturated carbocycles. The molecule has 0 unspecified atom stereocenters. The molecule has 2 aromatic rings. The number of nitrogens with one attached hydrogen (secondary N) is 1. The van der Waals surface area contributed by atoms with Gasteiger partial charge in [-0.25, -0.2) is 13.1 Å². The maximum Gasteiger partial charge on any atom is 0.416 e. The van der Waals surface area contributed by atoms with Gasteiger partial charge >= 0.3 is 6.18 Å². The largest absolute Gasteiger partial charge is 0.490 e. The Balaban J connectivity index is 1.36. The molecule has 192 valence electrons. The zero-order valence-electron chi connectivity index (χ0n) is 18.6. The molecule has 1 N–H and O–H groups in total. The van der Waals surface area contributed by atoms with E-state index < -0.39 is 32.4 Å². The fraction of sp³-hybridized carbons (Fsp3) is 0.545. The lowest BCUT2D eigenvalue weighted by Crippen LogP contribution is -2.41. The first-order valence-corrected chi connectivity index (χ1v) is 13.3. The normalized spacial score (nSPS) is 24.6. The third-order valence-electron chi connectivity index (χ3n) is 6.24. The third kappa shape index (κ3) is 6.10. The second-order valence-electron chi connectivity index (χ2n) is 8.64. The second kappa shape index (κ2) is 10.4. The van der Waals surface area contributed by atoms with Crippen LogP contribution in [0.2, 0.25) is 5.02 Å². The van der Waals surface area contributed by atoms with Crippen LogP contribution < -0.4 is 15.6 Å². The fourth-order valence-electron chi connectivity index (χ4n) is 4.24. The predicted octanol–water partition coefficient (Wildman–Crippen LogP) is 3.70. The molecular formula is C22H25ClF3N3O5S. The molecule has 1 aliphatic carbocycles. The topological polar surface area (TPSA) is 99.5 Å². The minimum absolute atomic E-state index is 0.0468. The number of ether oxygens (including phenoxy) is 2. The van der Waals surface area contributed by atoms with Crippen molar-refractivity contribution < 1.29 is 31.1 Å². The Bertz CT molecular complexity index is 1210. The van der Waals surface area contributed by atoms with Crippen molar-refractivity contribution in [3.8, 4) is 5.75 Å². The maximum atomic E-state index is 12.9. The highest BCUT2D eigenvalue weighted by molar-refractivity contribution is 7.92. The lowest BCUT2D eigenvalue weighted by molar-refractivity contribution is -0.137. The Morgan fingerprint density at radius 1 is 1.23 bits per heavy atom. The van der Waals surface area contributed by atoms with E-state index in [0.717, 1.165) is 12.1 Å². The summed E-state index contributed by atoms with van der Waals surface area (Å²) in [5.41, 5.74) is -1.02. The summed E-state index contributed by atoms with van der Waals surface area (Å²) in [6, 6.07) is 4.54. The van der Waals surface area contributed by atoms with Gasteiger partial charge in [-0.1, -0.05) is 17.7 Å². The summed E-state index contributed by atoms with van der Waals surface area (Å²) in [6.07, 6.45) is -1.18. The van der Waals surface area contributed by atoms with Crippen molar-refractivity contribution in [3.63, 3.8) is 0 Å². The van der Waals surface area contributed by atoms with Gasteiger partial charge in [-0.05, 0) is 43.9 Å². The first kappa shape index (κ1) is 25.8. The van der Waals surface area contributed by atoms with Crippen LogP contribution in [0.1, 0.15) is 37.3 Å². The Labute approximate surface area is 205 Å². The van der Waals surface area contributed by atoms with Crippen molar-refractivity contribution in [2.45, 2.75) is 49.3 Å². The van der Waals surface area contributed by atoms with Gasteiger partial charge in [0.25, 0.3) is 5.56 Å². The van der Waals surface area contributed by atoms with Crippen molar-refractivity contribution in [3.05, 3.63) is 51.4 Å². The quantitative estimate of drug-likeness (QED) is 0.602. The van der Waals surface area contributed by atoms with Crippen LogP contribution in [0.15, 0.2) is 35.3 Å². The average molecular weight is 536 g/mol. The lowest BCUT2D eigenvalue weighted by Gasteiger charge is -2.29. The number of anilines is 1. The molecule has 1 aromatic carbocycles. The molecule has 0 spiro atoms.